The standard InChI is InChI=1S/C20H22FNO3/c1-25-17-11-9-16(10-12-17)19(23)7-4-8-20(24)22-14-13-15-5-2-3-6-18(15)21/h2-3,5-6,9-12H,4,7-8,13-14H2,1H3,(H,22,24). The van der Waals surface area contributed by atoms with Gasteiger partial charge in [-0.3, -0.25) is 9.59 Å². The second kappa shape index (κ2) is 9.57. The molecule has 0 heterocycles. The molecular formula is C20H22FNO3. The number of carbonyl (C=O) groups excluding carboxylic acids is 2. The Kier molecular flexibility index (Phi) is 7.14. The molecule has 2 aromatic rings. The quantitative estimate of drug-likeness (QED) is 0.709. The van der Waals surface area contributed by atoms with Crippen molar-refractivity contribution < 1.29 is 18.7 Å². The van der Waals surface area contributed by atoms with Crippen molar-refractivity contribution in [3.8, 4) is 5.75 Å². The van der Waals surface area contributed by atoms with E-state index in [4.69, 9.17) is 4.74 Å². The van der Waals surface area contributed by atoms with Crippen LogP contribution in [-0.4, -0.2) is 25.3 Å². The Morgan fingerprint density at radius 2 is 1.76 bits per heavy atom. The largest absolute Gasteiger partial charge is 0.497 e. The van der Waals surface area contributed by atoms with Gasteiger partial charge in [-0.2, -0.15) is 0 Å². The number of hydrogen-bond acceptors (Lipinski definition) is 3. The van der Waals surface area contributed by atoms with Gasteiger partial charge in [-0.05, 0) is 48.7 Å². The van der Waals surface area contributed by atoms with Crippen LogP contribution < -0.4 is 10.1 Å². The molecule has 0 spiro atoms. The predicted molar refractivity (Wildman–Crippen MR) is 94.3 cm³/mol. The number of benzene rings is 2. The number of Topliss-reactive ketones (excluding diaryl/α,β-unsaturated/α-hetero) is 1. The van der Waals surface area contributed by atoms with Gasteiger partial charge in [-0.15, -0.1) is 0 Å². The van der Waals surface area contributed by atoms with Gasteiger partial charge in [0.25, 0.3) is 0 Å². The van der Waals surface area contributed by atoms with Gasteiger partial charge in [0.15, 0.2) is 5.78 Å². The minimum absolute atomic E-state index is 0.00168. The van der Waals surface area contributed by atoms with E-state index in [1.54, 1.807) is 49.6 Å². The number of rotatable bonds is 9. The molecule has 0 aromatic heterocycles. The van der Waals surface area contributed by atoms with Crippen molar-refractivity contribution >= 4 is 11.7 Å². The van der Waals surface area contributed by atoms with Crippen LogP contribution in [0.2, 0.25) is 0 Å². The summed E-state index contributed by atoms with van der Waals surface area (Å²) in [4.78, 5) is 23.8. The van der Waals surface area contributed by atoms with Crippen molar-refractivity contribution in [2.24, 2.45) is 0 Å². The van der Waals surface area contributed by atoms with E-state index in [0.29, 0.717) is 42.7 Å². The maximum Gasteiger partial charge on any atom is 0.220 e. The Bertz CT molecular complexity index is 713. The molecule has 2 aromatic carbocycles. The predicted octanol–water partition coefficient (Wildman–Crippen LogP) is 3.55. The average Bonchev–Trinajstić information content (AvgIpc) is 2.63. The van der Waals surface area contributed by atoms with E-state index in [-0.39, 0.29) is 23.9 Å². The molecule has 4 nitrogen and oxygen atoms in total. The van der Waals surface area contributed by atoms with Crippen LogP contribution in [-0.2, 0) is 11.2 Å². The maximum absolute atomic E-state index is 13.5. The molecule has 0 aliphatic carbocycles. The summed E-state index contributed by atoms with van der Waals surface area (Å²) < 4.78 is 18.5. The molecule has 0 unspecified atom stereocenters. The topological polar surface area (TPSA) is 55.4 Å². The van der Waals surface area contributed by atoms with Crippen LogP contribution in [0.5, 0.6) is 5.75 Å². The van der Waals surface area contributed by atoms with Gasteiger partial charge < -0.3 is 10.1 Å². The summed E-state index contributed by atoms with van der Waals surface area (Å²) >= 11 is 0. The lowest BCUT2D eigenvalue weighted by atomic mass is 10.1. The van der Waals surface area contributed by atoms with E-state index in [1.165, 1.54) is 6.07 Å². The molecule has 0 aliphatic heterocycles. The zero-order valence-corrected chi connectivity index (χ0v) is 14.3. The smallest absolute Gasteiger partial charge is 0.220 e. The first-order chi connectivity index (χ1) is 12.1. The van der Waals surface area contributed by atoms with Gasteiger partial charge in [0.1, 0.15) is 11.6 Å². The second-order valence-corrected chi connectivity index (χ2v) is 5.70. The van der Waals surface area contributed by atoms with Gasteiger partial charge >= 0.3 is 0 Å². The van der Waals surface area contributed by atoms with E-state index in [1.807, 2.05) is 0 Å². The van der Waals surface area contributed by atoms with Crippen LogP contribution in [0.3, 0.4) is 0 Å². The molecule has 0 bridgehead atoms. The van der Waals surface area contributed by atoms with E-state index in [2.05, 4.69) is 5.32 Å². The summed E-state index contributed by atoms with van der Waals surface area (Å²) in [6, 6.07) is 13.4. The normalized spacial score (nSPS) is 10.3. The Balaban J connectivity index is 1.66. The molecule has 0 fully saturated rings. The Morgan fingerprint density at radius 3 is 2.44 bits per heavy atom. The minimum Gasteiger partial charge on any atom is -0.497 e. The van der Waals surface area contributed by atoms with Crippen LogP contribution in [0.25, 0.3) is 0 Å². The fourth-order valence-corrected chi connectivity index (χ4v) is 2.46. The number of methoxy groups -OCH3 is 1. The summed E-state index contributed by atoms with van der Waals surface area (Å²) in [5.41, 5.74) is 1.19. The Morgan fingerprint density at radius 1 is 1.04 bits per heavy atom. The van der Waals surface area contributed by atoms with Gasteiger partial charge in [0.2, 0.25) is 5.91 Å². The Labute approximate surface area is 147 Å². The third kappa shape index (κ3) is 6.03. The number of nitrogens with one attached hydrogen (secondary N) is 1. The van der Waals surface area contributed by atoms with Crippen molar-refractivity contribution in [2.75, 3.05) is 13.7 Å². The summed E-state index contributed by atoms with van der Waals surface area (Å²) in [6.45, 7) is 0.381. The van der Waals surface area contributed by atoms with Crippen molar-refractivity contribution in [1.82, 2.24) is 5.32 Å². The number of amides is 1. The van der Waals surface area contributed by atoms with E-state index in [0.717, 1.165) is 0 Å². The van der Waals surface area contributed by atoms with E-state index < -0.39 is 0 Å². The summed E-state index contributed by atoms with van der Waals surface area (Å²) in [5.74, 6) is 0.313. The molecule has 1 N–H and O–H groups in total. The molecule has 0 saturated heterocycles. The molecule has 2 rings (SSSR count). The lowest BCUT2D eigenvalue weighted by Gasteiger charge is -2.06. The summed E-state index contributed by atoms with van der Waals surface area (Å²) in [5, 5.41) is 2.75. The molecule has 5 heteroatoms. The first-order valence-electron chi connectivity index (χ1n) is 8.27. The zero-order valence-electron chi connectivity index (χ0n) is 14.3. The highest BCUT2D eigenvalue weighted by Gasteiger charge is 2.08. The van der Waals surface area contributed by atoms with Crippen LogP contribution in [0.15, 0.2) is 48.5 Å². The summed E-state index contributed by atoms with van der Waals surface area (Å²) in [7, 11) is 1.57. The monoisotopic (exact) mass is 343 g/mol. The molecule has 132 valence electrons. The lowest BCUT2D eigenvalue weighted by molar-refractivity contribution is -0.121. The fourth-order valence-electron chi connectivity index (χ4n) is 2.46. The van der Waals surface area contributed by atoms with Crippen LogP contribution in [0.1, 0.15) is 35.2 Å². The highest BCUT2D eigenvalue weighted by atomic mass is 19.1. The second-order valence-electron chi connectivity index (χ2n) is 5.70. The molecule has 0 radical (unpaired) electrons. The molecule has 25 heavy (non-hydrogen) atoms. The SMILES string of the molecule is COc1ccc(C(=O)CCCC(=O)NCCc2ccccc2F)cc1. The number of ether oxygens (including phenoxy) is 1. The number of ketones is 1. The Hall–Kier alpha value is -2.69. The highest BCUT2D eigenvalue weighted by Crippen LogP contribution is 2.14. The molecular weight excluding hydrogens is 321 g/mol. The first kappa shape index (κ1) is 18.6. The van der Waals surface area contributed by atoms with Gasteiger partial charge in [-0.25, -0.2) is 4.39 Å². The van der Waals surface area contributed by atoms with Gasteiger partial charge in [0.05, 0.1) is 7.11 Å². The van der Waals surface area contributed by atoms with Crippen LogP contribution >= 0.6 is 0 Å². The van der Waals surface area contributed by atoms with Crippen LogP contribution in [0.4, 0.5) is 4.39 Å². The average molecular weight is 343 g/mol. The first-order valence-corrected chi connectivity index (χ1v) is 8.27. The third-order valence-corrected chi connectivity index (χ3v) is 3.89. The van der Waals surface area contributed by atoms with E-state index >= 15 is 0 Å². The van der Waals surface area contributed by atoms with Crippen molar-refractivity contribution in [2.45, 2.75) is 25.7 Å². The van der Waals surface area contributed by atoms with Crippen LogP contribution in [0, 0.1) is 5.82 Å². The number of halogens is 1. The van der Waals surface area contributed by atoms with Crippen molar-refractivity contribution in [3.05, 3.63) is 65.5 Å². The fraction of sp³-hybridized carbons (Fsp3) is 0.300. The van der Waals surface area contributed by atoms with E-state index in [9.17, 15) is 14.0 Å². The third-order valence-electron chi connectivity index (χ3n) is 3.89. The molecule has 0 aliphatic rings. The van der Waals surface area contributed by atoms with Crippen molar-refractivity contribution in [3.63, 3.8) is 0 Å². The molecule has 0 saturated carbocycles. The molecule has 1 amide bonds. The zero-order chi connectivity index (χ0) is 18.1. The van der Waals surface area contributed by atoms with Gasteiger partial charge in [-0.1, -0.05) is 18.2 Å². The lowest BCUT2D eigenvalue weighted by Crippen LogP contribution is -2.25. The summed E-state index contributed by atoms with van der Waals surface area (Å²) in [6.07, 6.45) is 1.52. The number of hydrogen-bond donors (Lipinski definition) is 1. The molecule has 0 atom stereocenters. The van der Waals surface area contributed by atoms with Gasteiger partial charge in [0, 0.05) is 24.9 Å². The van der Waals surface area contributed by atoms with Crippen molar-refractivity contribution in [1.29, 1.82) is 0 Å². The maximum atomic E-state index is 13.5. The minimum atomic E-state index is -0.262. The number of carbonyl (C=O) groups is 2. The highest BCUT2D eigenvalue weighted by molar-refractivity contribution is 5.96.